The third-order valence-electron chi connectivity index (χ3n) is 5.25. The Hall–Kier alpha value is -2.14. The molecule has 0 radical (unpaired) electrons. The summed E-state index contributed by atoms with van der Waals surface area (Å²) in [5.74, 6) is -0.291. The van der Waals surface area contributed by atoms with E-state index in [1.807, 2.05) is 60.8 Å². The molecule has 166 valence electrons. The van der Waals surface area contributed by atoms with Gasteiger partial charge >= 0.3 is 0 Å². The lowest BCUT2D eigenvalue weighted by Crippen LogP contribution is -2.16. The molecule has 0 saturated heterocycles. The van der Waals surface area contributed by atoms with Crippen LogP contribution in [0.15, 0.2) is 71.3 Å². The van der Waals surface area contributed by atoms with Crippen LogP contribution in [0.5, 0.6) is 0 Å². The highest BCUT2D eigenvalue weighted by atomic mass is 32.2. The van der Waals surface area contributed by atoms with Crippen molar-refractivity contribution in [3.05, 3.63) is 77.5 Å². The zero-order chi connectivity index (χ0) is 22.5. The summed E-state index contributed by atoms with van der Waals surface area (Å²) >= 11 is 0.893. The Morgan fingerprint density at radius 3 is 2.58 bits per heavy atom. The SMILES string of the molecule is CC1(C)C(/C=C/Nc2ccccc2)=C(CCCS(=O)(=O)O)c2ccc(SOOO)cc21. The fourth-order valence-electron chi connectivity index (χ4n) is 3.84. The second-order valence-electron chi connectivity index (χ2n) is 7.68. The molecule has 0 saturated carbocycles. The van der Waals surface area contributed by atoms with E-state index in [2.05, 4.69) is 28.5 Å². The highest BCUT2D eigenvalue weighted by Gasteiger charge is 2.36. The van der Waals surface area contributed by atoms with E-state index in [0.717, 1.165) is 44.9 Å². The lowest BCUT2D eigenvalue weighted by molar-refractivity contribution is -0.432. The van der Waals surface area contributed by atoms with E-state index in [9.17, 15) is 8.42 Å². The molecule has 0 spiro atoms. The van der Waals surface area contributed by atoms with E-state index < -0.39 is 10.1 Å². The molecule has 0 fully saturated rings. The standard InChI is InChI=1S/C22H25NO6S2/c1-22(2)20(12-13-23-16-7-4-3-5-8-16)18(9-6-14-31(25,26)27)19-11-10-17(15-21(19)22)30-29-28-24/h3-5,7-8,10-13,15,23-24H,6,9,14H2,1-2H3,(H,25,26,27)/b13-12+. The molecular weight excluding hydrogens is 438 g/mol. The molecule has 0 aromatic heterocycles. The summed E-state index contributed by atoms with van der Waals surface area (Å²) in [5, 5.41) is 15.4. The van der Waals surface area contributed by atoms with Gasteiger partial charge in [0.15, 0.2) is 0 Å². The third kappa shape index (κ3) is 5.97. The van der Waals surface area contributed by atoms with Crippen molar-refractivity contribution in [2.24, 2.45) is 0 Å². The van der Waals surface area contributed by atoms with Gasteiger partial charge in [0.05, 0.1) is 17.8 Å². The molecule has 0 unspecified atom stereocenters. The van der Waals surface area contributed by atoms with Crippen molar-refractivity contribution in [3.8, 4) is 0 Å². The van der Waals surface area contributed by atoms with Crippen LogP contribution in [-0.2, 0) is 24.9 Å². The minimum absolute atomic E-state index is 0.291. The van der Waals surface area contributed by atoms with E-state index in [1.165, 1.54) is 0 Å². The van der Waals surface area contributed by atoms with Crippen molar-refractivity contribution in [2.45, 2.75) is 37.0 Å². The molecule has 3 N–H and O–H groups in total. The van der Waals surface area contributed by atoms with Crippen LogP contribution < -0.4 is 5.32 Å². The number of nitrogens with one attached hydrogen (secondary N) is 1. The number of benzene rings is 2. The largest absolute Gasteiger partial charge is 0.362 e. The molecule has 1 aliphatic carbocycles. The summed E-state index contributed by atoms with van der Waals surface area (Å²) in [6, 6.07) is 15.5. The zero-order valence-corrected chi connectivity index (χ0v) is 18.9. The molecule has 1 aliphatic rings. The van der Waals surface area contributed by atoms with Gasteiger partial charge in [0.1, 0.15) is 0 Å². The van der Waals surface area contributed by atoms with Crippen molar-refractivity contribution in [3.63, 3.8) is 0 Å². The molecule has 2 aromatic carbocycles. The van der Waals surface area contributed by atoms with Crippen molar-refractivity contribution in [2.75, 3.05) is 11.1 Å². The van der Waals surface area contributed by atoms with Gasteiger partial charge in [0.25, 0.3) is 10.1 Å². The van der Waals surface area contributed by atoms with Gasteiger partial charge in [-0.05, 0) is 65.5 Å². The predicted molar refractivity (Wildman–Crippen MR) is 122 cm³/mol. The summed E-state index contributed by atoms with van der Waals surface area (Å²) in [4.78, 5) is 0.755. The summed E-state index contributed by atoms with van der Waals surface area (Å²) < 4.78 is 36.1. The molecular formula is C22H25NO6S2. The van der Waals surface area contributed by atoms with Crippen LogP contribution in [0, 0.1) is 0 Å². The minimum Gasteiger partial charge on any atom is -0.362 e. The van der Waals surface area contributed by atoms with Crippen LogP contribution in [0.4, 0.5) is 5.69 Å². The number of hydrogen-bond donors (Lipinski definition) is 3. The Balaban J connectivity index is 1.93. The third-order valence-corrected chi connectivity index (χ3v) is 6.63. The van der Waals surface area contributed by atoms with Gasteiger partial charge in [-0.2, -0.15) is 8.42 Å². The van der Waals surface area contributed by atoms with Crippen molar-refractivity contribution < 1.29 is 27.6 Å². The van der Waals surface area contributed by atoms with Crippen molar-refractivity contribution >= 4 is 33.4 Å². The zero-order valence-electron chi connectivity index (χ0n) is 17.2. The fraction of sp³-hybridized carbons (Fsp3) is 0.273. The van der Waals surface area contributed by atoms with Crippen LogP contribution in [0.3, 0.4) is 0 Å². The first-order valence-corrected chi connectivity index (χ1v) is 12.0. The van der Waals surface area contributed by atoms with E-state index in [1.54, 1.807) is 0 Å². The first kappa shape index (κ1) is 23.5. The van der Waals surface area contributed by atoms with Crippen LogP contribution >= 0.6 is 12.0 Å². The minimum atomic E-state index is -4.02. The Morgan fingerprint density at radius 2 is 1.90 bits per heavy atom. The number of hydrogen-bond acceptors (Lipinski definition) is 7. The van der Waals surface area contributed by atoms with Crippen LogP contribution in [0.2, 0.25) is 0 Å². The van der Waals surface area contributed by atoms with E-state index in [-0.39, 0.29) is 11.2 Å². The second kappa shape index (κ2) is 9.99. The average Bonchev–Trinajstić information content (AvgIpc) is 2.93. The molecule has 0 atom stereocenters. The molecule has 0 amide bonds. The Kier molecular flexibility index (Phi) is 7.58. The van der Waals surface area contributed by atoms with Gasteiger partial charge in [-0.1, -0.05) is 43.2 Å². The van der Waals surface area contributed by atoms with Crippen molar-refractivity contribution in [1.82, 2.24) is 0 Å². The lowest BCUT2D eigenvalue weighted by atomic mass is 9.81. The summed E-state index contributed by atoms with van der Waals surface area (Å²) in [5.41, 5.74) is 4.77. The van der Waals surface area contributed by atoms with E-state index >= 15 is 0 Å². The molecule has 3 rings (SSSR count). The Labute approximate surface area is 186 Å². The average molecular weight is 464 g/mol. The van der Waals surface area contributed by atoms with Gasteiger partial charge in [-0.15, -0.1) is 4.33 Å². The maximum atomic E-state index is 11.2. The smallest absolute Gasteiger partial charge is 0.264 e. The number of anilines is 1. The van der Waals surface area contributed by atoms with Crippen molar-refractivity contribution in [1.29, 1.82) is 0 Å². The van der Waals surface area contributed by atoms with Gasteiger partial charge in [-0.3, -0.25) is 4.55 Å². The number of allylic oxidation sites excluding steroid dienone is 3. The van der Waals surface area contributed by atoms with Gasteiger partial charge in [0.2, 0.25) is 0 Å². The maximum absolute atomic E-state index is 11.2. The summed E-state index contributed by atoms with van der Waals surface area (Å²) in [7, 11) is -4.02. The monoisotopic (exact) mass is 463 g/mol. The first-order chi connectivity index (χ1) is 14.7. The molecule has 0 bridgehead atoms. The lowest BCUT2D eigenvalue weighted by Gasteiger charge is -2.23. The topological polar surface area (TPSA) is 105 Å². The second-order valence-corrected chi connectivity index (χ2v) is 10.0. The molecule has 0 aliphatic heterocycles. The van der Waals surface area contributed by atoms with Gasteiger partial charge in [0, 0.05) is 22.2 Å². The normalized spacial score (nSPS) is 15.5. The van der Waals surface area contributed by atoms with E-state index in [4.69, 9.17) is 9.81 Å². The quantitative estimate of drug-likeness (QED) is 0.185. The first-order valence-electron chi connectivity index (χ1n) is 9.69. The maximum Gasteiger partial charge on any atom is 0.264 e. The summed E-state index contributed by atoms with van der Waals surface area (Å²) in [6.45, 7) is 4.20. The number of para-hydroxylation sites is 1. The molecule has 0 heterocycles. The van der Waals surface area contributed by atoms with Crippen LogP contribution in [0.25, 0.3) is 5.57 Å². The van der Waals surface area contributed by atoms with Crippen LogP contribution in [-0.4, -0.2) is 24.0 Å². The Morgan fingerprint density at radius 1 is 1.16 bits per heavy atom. The summed E-state index contributed by atoms with van der Waals surface area (Å²) in [6.07, 6.45) is 4.70. The van der Waals surface area contributed by atoms with E-state index in [0.29, 0.717) is 12.8 Å². The molecule has 2 aromatic rings. The van der Waals surface area contributed by atoms with Gasteiger partial charge in [-0.25, -0.2) is 5.26 Å². The number of rotatable bonds is 10. The van der Waals surface area contributed by atoms with Crippen LogP contribution in [0.1, 0.15) is 37.8 Å². The number of fused-ring (bicyclic) bond motifs is 1. The highest BCUT2D eigenvalue weighted by Crippen LogP contribution is 2.49. The predicted octanol–water partition coefficient (Wildman–Crippen LogP) is 5.45. The molecule has 9 heteroatoms. The highest BCUT2D eigenvalue weighted by molar-refractivity contribution is 7.94. The van der Waals surface area contributed by atoms with Gasteiger partial charge < -0.3 is 5.32 Å². The molecule has 7 nitrogen and oxygen atoms in total. The Bertz CT molecular complexity index is 1080. The fourth-order valence-corrected chi connectivity index (χ4v) is 4.75. The molecule has 31 heavy (non-hydrogen) atoms.